The van der Waals surface area contributed by atoms with Gasteiger partial charge in [0.25, 0.3) is 0 Å². The lowest BCUT2D eigenvalue weighted by molar-refractivity contribution is -0.571. The molecule has 9 atom stereocenters. The molecular formula is C21H36O5. The summed E-state index contributed by atoms with van der Waals surface area (Å²) in [6, 6.07) is 0. The fourth-order valence-corrected chi connectivity index (χ4v) is 5.82. The first kappa shape index (κ1) is 19.1. The van der Waals surface area contributed by atoms with Gasteiger partial charge in [-0.15, -0.1) is 0 Å². The summed E-state index contributed by atoms with van der Waals surface area (Å²) in [6.07, 6.45) is 4.00. The molecule has 2 bridgehead atoms. The van der Waals surface area contributed by atoms with E-state index in [0.29, 0.717) is 30.1 Å². The molecule has 5 fully saturated rings. The quantitative estimate of drug-likeness (QED) is 0.746. The smallest absolute Gasteiger partial charge is 0.201 e. The first-order valence-electron chi connectivity index (χ1n) is 10.4. The zero-order valence-electron chi connectivity index (χ0n) is 17.2. The molecule has 0 unspecified atom stereocenters. The van der Waals surface area contributed by atoms with Gasteiger partial charge in [0.15, 0.2) is 11.9 Å². The molecule has 150 valence electrons. The van der Waals surface area contributed by atoms with Gasteiger partial charge in [-0.2, -0.15) is 0 Å². The van der Waals surface area contributed by atoms with E-state index in [1.54, 1.807) is 0 Å². The van der Waals surface area contributed by atoms with Crippen LogP contribution in [0.3, 0.4) is 0 Å². The summed E-state index contributed by atoms with van der Waals surface area (Å²) in [5.74, 6) is 0.876. The van der Waals surface area contributed by atoms with Crippen molar-refractivity contribution in [3.8, 4) is 0 Å². The van der Waals surface area contributed by atoms with Crippen LogP contribution in [0.1, 0.15) is 73.6 Å². The normalized spacial score (nSPS) is 52.3. The van der Waals surface area contributed by atoms with Gasteiger partial charge in [-0.1, -0.05) is 34.6 Å². The zero-order valence-corrected chi connectivity index (χ0v) is 17.2. The minimum Gasteiger partial charge on any atom is -0.392 e. The van der Waals surface area contributed by atoms with E-state index in [1.165, 1.54) is 6.42 Å². The van der Waals surface area contributed by atoms with E-state index < -0.39 is 23.8 Å². The molecule has 5 heteroatoms. The predicted molar refractivity (Wildman–Crippen MR) is 96.9 cm³/mol. The third-order valence-corrected chi connectivity index (χ3v) is 7.75. The van der Waals surface area contributed by atoms with E-state index in [0.717, 1.165) is 19.3 Å². The van der Waals surface area contributed by atoms with Crippen molar-refractivity contribution in [1.29, 1.82) is 0 Å². The van der Waals surface area contributed by atoms with Gasteiger partial charge in [0.2, 0.25) is 5.79 Å². The van der Waals surface area contributed by atoms with E-state index in [1.807, 2.05) is 6.92 Å². The highest BCUT2D eigenvalue weighted by molar-refractivity contribution is 5.10. The monoisotopic (exact) mass is 368 g/mol. The molecule has 0 aromatic heterocycles. The molecule has 4 aliphatic heterocycles. The van der Waals surface area contributed by atoms with Crippen LogP contribution in [0.15, 0.2) is 0 Å². The molecule has 26 heavy (non-hydrogen) atoms. The van der Waals surface area contributed by atoms with Crippen LogP contribution in [-0.2, 0) is 19.2 Å². The number of hydrogen-bond acceptors (Lipinski definition) is 5. The standard InChI is InChI=1S/C21H36O5/c1-12-7-8-15-13(2)16(11-17(22)19(3,4)5)23-18-21(15)14(12)9-10-20(6,24-18)25-26-21/h12-18,22H,7-11H2,1-6H3/t12-,13-,14+,15+,16-,17+,18-,20+,21-/m1/s1. The fourth-order valence-electron chi connectivity index (χ4n) is 5.82. The molecule has 5 aliphatic rings. The van der Waals surface area contributed by atoms with Crippen LogP contribution in [0.2, 0.25) is 0 Å². The van der Waals surface area contributed by atoms with Crippen LogP contribution in [0.4, 0.5) is 0 Å². The Morgan fingerprint density at radius 1 is 1.08 bits per heavy atom. The highest BCUT2D eigenvalue weighted by Crippen LogP contribution is 2.60. The Balaban J connectivity index is 1.66. The Morgan fingerprint density at radius 2 is 1.81 bits per heavy atom. The van der Waals surface area contributed by atoms with E-state index in [4.69, 9.17) is 19.2 Å². The van der Waals surface area contributed by atoms with Gasteiger partial charge in [0, 0.05) is 18.8 Å². The lowest BCUT2D eigenvalue weighted by Gasteiger charge is -2.60. The lowest BCUT2D eigenvalue weighted by atomic mass is 9.57. The Labute approximate surface area is 157 Å². The van der Waals surface area contributed by atoms with Crippen LogP contribution in [0.5, 0.6) is 0 Å². The SMILES string of the molecule is C[C@H]1[C@@H](C[C@H](O)C(C)(C)C)O[C@@H]2O[C@]3(C)CC[C@H]4[C@H](C)CC[C@@H]1[C@@]24OO3. The molecule has 0 aromatic rings. The van der Waals surface area contributed by atoms with Gasteiger partial charge in [-0.25, -0.2) is 9.78 Å². The number of hydrogen-bond donors (Lipinski definition) is 1. The van der Waals surface area contributed by atoms with E-state index >= 15 is 0 Å². The first-order chi connectivity index (χ1) is 12.1. The van der Waals surface area contributed by atoms with Crippen LogP contribution < -0.4 is 0 Å². The Hall–Kier alpha value is -0.200. The number of fused-ring (bicyclic) bond motifs is 2. The fraction of sp³-hybridized carbons (Fsp3) is 1.00. The van der Waals surface area contributed by atoms with Crippen molar-refractivity contribution in [2.45, 2.75) is 104 Å². The molecular weight excluding hydrogens is 332 g/mol. The van der Waals surface area contributed by atoms with Crippen molar-refractivity contribution >= 4 is 0 Å². The Morgan fingerprint density at radius 3 is 2.50 bits per heavy atom. The van der Waals surface area contributed by atoms with Gasteiger partial charge < -0.3 is 14.6 Å². The van der Waals surface area contributed by atoms with Crippen molar-refractivity contribution in [2.75, 3.05) is 0 Å². The summed E-state index contributed by atoms with van der Waals surface area (Å²) < 4.78 is 12.9. The maximum atomic E-state index is 10.7. The molecule has 0 radical (unpaired) electrons. The number of aliphatic hydroxyl groups excluding tert-OH is 1. The first-order valence-corrected chi connectivity index (χ1v) is 10.4. The summed E-state index contributed by atoms with van der Waals surface area (Å²) in [4.78, 5) is 12.0. The molecule has 1 N–H and O–H groups in total. The summed E-state index contributed by atoms with van der Waals surface area (Å²) in [5, 5.41) is 10.7. The number of rotatable bonds is 2. The maximum Gasteiger partial charge on any atom is 0.201 e. The summed E-state index contributed by atoms with van der Waals surface area (Å²) in [6.45, 7) is 12.8. The van der Waals surface area contributed by atoms with Gasteiger partial charge in [0.05, 0.1) is 12.2 Å². The van der Waals surface area contributed by atoms with Crippen LogP contribution in [0, 0.1) is 29.1 Å². The van der Waals surface area contributed by atoms with E-state index in [9.17, 15) is 5.11 Å². The highest BCUT2D eigenvalue weighted by atomic mass is 17.3. The third-order valence-electron chi connectivity index (χ3n) is 7.75. The summed E-state index contributed by atoms with van der Waals surface area (Å²) in [5.41, 5.74) is -0.660. The largest absolute Gasteiger partial charge is 0.392 e. The Bertz CT molecular complexity index is 545. The van der Waals surface area contributed by atoms with Gasteiger partial charge in [0.1, 0.15) is 0 Å². The van der Waals surface area contributed by atoms with Gasteiger partial charge >= 0.3 is 0 Å². The third kappa shape index (κ3) is 2.77. The second-order valence-corrected chi connectivity index (χ2v) is 10.6. The van der Waals surface area contributed by atoms with Crippen molar-refractivity contribution in [3.63, 3.8) is 0 Å². The van der Waals surface area contributed by atoms with Crippen molar-refractivity contribution in [3.05, 3.63) is 0 Å². The average Bonchev–Trinajstić information content (AvgIpc) is 2.77. The molecule has 1 saturated carbocycles. The average molecular weight is 369 g/mol. The summed E-state index contributed by atoms with van der Waals surface area (Å²) in [7, 11) is 0. The number of ether oxygens (including phenoxy) is 2. The topological polar surface area (TPSA) is 57.2 Å². The molecule has 5 nitrogen and oxygen atoms in total. The second-order valence-electron chi connectivity index (χ2n) is 10.6. The minimum atomic E-state index is -0.731. The van der Waals surface area contributed by atoms with Crippen LogP contribution in [-0.4, -0.2) is 35.0 Å². The number of aliphatic hydroxyl groups is 1. The molecule has 4 saturated heterocycles. The second kappa shape index (κ2) is 6.15. The van der Waals surface area contributed by atoms with Gasteiger partial charge in [-0.05, 0) is 49.4 Å². The van der Waals surface area contributed by atoms with Crippen LogP contribution >= 0.6 is 0 Å². The van der Waals surface area contributed by atoms with Crippen molar-refractivity contribution in [2.24, 2.45) is 29.1 Å². The molecule has 1 aliphatic carbocycles. The lowest BCUT2D eigenvalue weighted by Crippen LogP contribution is -2.70. The maximum absolute atomic E-state index is 10.7. The van der Waals surface area contributed by atoms with E-state index in [2.05, 4.69) is 34.6 Å². The molecule has 0 aromatic carbocycles. The van der Waals surface area contributed by atoms with Crippen molar-refractivity contribution < 1.29 is 24.4 Å². The van der Waals surface area contributed by atoms with Crippen LogP contribution in [0.25, 0.3) is 0 Å². The van der Waals surface area contributed by atoms with Gasteiger partial charge in [-0.3, -0.25) is 0 Å². The summed E-state index contributed by atoms with van der Waals surface area (Å²) >= 11 is 0. The molecule has 1 spiro atoms. The zero-order chi connectivity index (χ0) is 18.9. The predicted octanol–water partition coefficient (Wildman–Crippen LogP) is 4.03. The Kier molecular flexibility index (Phi) is 4.52. The highest BCUT2D eigenvalue weighted by Gasteiger charge is 2.69. The minimum absolute atomic E-state index is 0.0227. The molecule has 0 amide bonds. The van der Waals surface area contributed by atoms with Crippen molar-refractivity contribution in [1.82, 2.24) is 0 Å². The van der Waals surface area contributed by atoms with E-state index in [-0.39, 0.29) is 11.5 Å². The molecule has 5 rings (SSSR count). The molecule has 4 heterocycles.